The van der Waals surface area contributed by atoms with Crippen LogP contribution in [0.15, 0.2) is 23.7 Å². The zero-order valence-electron chi connectivity index (χ0n) is 13.2. The number of nitrogens with zero attached hydrogens (tertiary/aromatic N) is 2. The summed E-state index contributed by atoms with van der Waals surface area (Å²) in [5, 5.41) is 4.94. The highest BCUT2D eigenvalue weighted by atomic mass is 32.1. The van der Waals surface area contributed by atoms with Gasteiger partial charge < -0.3 is 9.47 Å². The molecule has 0 bridgehead atoms. The smallest absolute Gasteiger partial charge is 0.413 e. The molecule has 0 unspecified atom stereocenters. The van der Waals surface area contributed by atoms with Crippen LogP contribution in [-0.2, 0) is 9.47 Å². The minimum absolute atomic E-state index is 0.222. The van der Waals surface area contributed by atoms with Crippen molar-refractivity contribution >= 4 is 29.2 Å². The Balaban J connectivity index is 2.07. The lowest BCUT2D eigenvalue weighted by molar-refractivity contribution is 0.0592. The van der Waals surface area contributed by atoms with Crippen LogP contribution in [0.2, 0.25) is 0 Å². The number of carbonyl (C=O) groups is 2. The van der Waals surface area contributed by atoms with E-state index in [-0.39, 0.29) is 5.69 Å². The lowest BCUT2D eigenvalue weighted by Gasteiger charge is -2.19. The fraction of sp³-hybridized carbons (Fsp3) is 0.333. The number of thiazole rings is 1. The van der Waals surface area contributed by atoms with Gasteiger partial charge in [0.05, 0.1) is 7.11 Å². The summed E-state index contributed by atoms with van der Waals surface area (Å²) in [6.45, 7) is 5.36. The van der Waals surface area contributed by atoms with E-state index in [1.54, 1.807) is 38.3 Å². The van der Waals surface area contributed by atoms with Crippen LogP contribution < -0.4 is 5.32 Å². The fourth-order valence-electron chi connectivity index (χ4n) is 1.62. The van der Waals surface area contributed by atoms with Gasteiger partial charge in [-0.3, -0.25) is 5.32 Å². The first-order valence-electron chi connectivity index (χ1n) is 6.79. The molecule has 0 aliphatic rings. The van der Waals surface area contributed by atoms with E-state index in [1.165, 1.54) is 24.6 Å². The molecule has 1 N–H and O–H groups in total. The second kappa shape index (κ2) is 6.74. The van der Waals surface area contributed by atoms with Gasteiger partial charge in [-0.05, 0) is 32.9 Å². The molecule has 0 saturated heterocycles. The quantitative estimate of drug-likeness (QED) is 0.865. The van der Waals surface area contributed by atoms with E-state index in [0.29, 0.717) is 10.8 Å². The molecule has 1 amide bonds. The largest absolute Gasteiger partial charge is 0.464 e. The SMILES string of the molecule is COC(=O)c1ccc(-c2nc(NC(=O)OC(C)(C)C)cs2)cn1. The van der Waals surface area contributed by atoms with Gasteiger partial charge in [0.2, 0.25) is 0 Å². The lowest BCUT2D eigenvalue weighted by Crippen LogP contribution is -2.27. The molecule has 0 fully saturated rings. The molecule has 8 heteroatoms. The number of aromatic nitrogens is 2. The molecule has 122 valence electrons. The van der Waals surface area contributed by atoms with Crippen LogP contribution in [0.25, 0.3) is 10.6 Å². The van der Waals surface area contributed by atoms with Gasteiger partial charge in [-0.2, -0.15) is 0 Å². The maximum Gasteiger partial charge on any atom is 0.413 e. The van der Waals surface area contributed by atoms with Crippen molar-refractivity contribution < 1.29 is 19.1 Å². The summed E-state index contributed by atoms with van der Waals surface area (Å²) < 4.78 is 9.76. The summed E-state index contributed by atoms with van der Waals surface area (Å²) in [6, 6.07) is 3.28. The van der Waals surface area contributed by atoms with Crippen molar-refractivity contribution in [3.05, 3.63) is 29.4 Å². The van der Waals surface area contributed by atoms with Gasteiger partial charge in [0.25, 0.3) is 0 Å². The third kappa shape index (κ3) is 4.75. The third-order valence-corrected chi connectivity index (χ3v) is 3.43. The van der Waals surface area contributed by atoms with Gasteiger partial charge in [0, 0.05) is 17.1 Å². The zero-order valence-corrected chi connectivity index (χ0v) is 14.1. The van der Waals surface area contributed by atoms with Crippen LogP contribution in [0.1, 0.15) is 31.3 Å². The molecule has 0 radical (unpaired) electrons. The minimum atomic E-state index is -0.573. The molecule has 23 heavy (non-hydrogen) atoms. The van der Waals surface area contributed by atoms with E-state index in [9.17, 15) is 9.59 Å². The summed E-state index contributed by atoms with van der Waals surface area (Å²) >= 11 is 1.35. The Morgan fingerprint density at radius 1 is 1.26 bits per heavy atom. The summed E-state index contributed by atoms with van der Waals surface area (Å²) in [4.78, 5) is 31.4. The van der Waals surface area contributed by atoms with E-state index >= 15 is 0 Å². The number of nitrogens with one attached hydrogen (secondary N) is 1. The van der Waals surface area contributed by atoms with Gasteiger partial charge in [0.1, 0.15) is 22.1 Å². The number of hydrogen-bond donors (Lipinski definition) is 1. The second-order valence-corrected chi connectivity index (χ2v) is 6.45. The first-order valence-corrected chi connectivity index (χ1v) is 7.67. The van der Waals surface area contributed by atoms with Crippen molar-refractivity contribution in [1.29, 1.82) is 0 Å². The van der Waals surface area contributed by atoms with Crippen molar-refractivity contribution in [2.24, 2.45) is 0 Å². The molecule has 0 atom stereocenters. The van der Waals surface area contributed by atoms with Crippen LogP contribution in [0.5, 0.6) is 0 Å². The Morgan fingerprint density at radius 3 is 2.57 bits per heavy atom. The summed E-state index contributed by atoms with van der Waals surface area (Å²) in [7, 11) is 1.30. The van der Waals surface area contributed by atoms with Crippen molar-refractivity contribution in [2.45, 2.75) is 26.4 Å². The van der Waals surface area contributed by atoms with Gasteiger partial charge in [0.15, 0.2) is 0 Å². The van der Waals surface area contributed by atoms with Crippen LogP contribution in [-0.4, -0.2) is 34.7 Å². The molecule has 0 spiro atoms. The minimum Gasteiger partial charge on any atom is -0.464 e. The van der Waals surface area contributed by atoms with Gasteiger partial charge in [-0.25, -0.2) is 19.6 Å². The Labute approximate surface area is 137 Å². The Bertz CT molecular complexity index is 704. The van der Waals surface area contributed by atoms with E-state index in [0.717, 1.165) is 5.56 Å². The molecule has 0 aromatic carbocycles. The third-order valence-electron chi connectivity index (χ3n) is 2.54. The standard InChI is InChI=1S/C15H17N3O4S/c1-15(2,3)22-14(20)18-11-8-23-12(17-11)9-5-6-10(16-7-9)13(19)21-4/h5-8H,1-4H3,(H,18,20). The van der Waals surface area contributed by atoms with E-state index in [2.05, 4.69) is 20.0 Å². The summed E-state index contributed by atoms with van der Waals surface area (Å²) in [5.41, 5.74) is 0.385. The topological polar surface area (TPSA) is 90.4 Å². The molecule has 7 nitrogen and oxygen atoms in total. The van der Waals surface area contributed by atoms with Gasteiger partial charge >= 0.3 is 12.1 Å². The highest BCUT2D eigenvalue weighted by Gasteiger charge is 2.17. The average molecular weight is 335 g/mol. The van der Waals surface area contributed by atoms with Crippen molar-refractivity contribution in [1.82, 2.24) is 9.97 Å². The molecule has 2 heterocycles. The molecule has 2 aromatic rings. The van der Waals surface area contributed by atoms with Crippen molar-refractivity contribution in [2.75, 3.05) is 12.4 Å². The zero-order chi connectivity index (χ0) is 17.0. The number of methoxy groups -OCH3 is 1. The highest BCUT2D eigenvalue weighted by Crippen LogP contribution is 2.25. The van der Waals surface area contributed by atoms with Gasteiger partial charge in [-0.15, -0.1) is 11.3 Å². The molecular formula is C15H17N3O4S. The van der Waals surface area contributed by atoms with Crippen molar-refractivity contribution in [3.63, 3.8) is 0 Å². The summed E-state index contributed by atoms with van der Waals surface area (Å²) in [5.74, 6) is -0.0979. The molecular weight excluding hydrogens is 318 g/mol. The normalized spacial score (nSPS) is 11.0. The summed E-state index contributed by atoms with van der Waals surface area (Å²) in [6.07, 6.45) is 0.969. The van der Waals surface area contributed by atoms with E-state index in [1.807, 2.05) is 0 Å². The van der Waals surface area contributed by atoms with Crippen LogP contribution >= 0.6 is 11.3 Å². The maximum atomic E-state index is 11.7. The average Bonchev–Trinajstić information content (AvgIpc) is 2.93. The van der Waals surface area contributed by atoms with Crippen LogP contribution in [0, 0.1) is 0 Å². The number of ether oxygens (including phenoxy) is 2. The lowest BCUT2D eigenvalue weighted by atomic mass is 10.2. The first kappa shape index (κ1) is 16.9. The number of rotatable bonds is 3. The van der Waals surface area contributed by atoms with E-state index < -0.39 is 17.7 Å². The van der Waals surface area contributed by atoms with Gasteiger partial charge in [-0.1, -0.05) is 0 Å². The van der Waals surface area contributed by atoms with E-state index in [4.69, 9.17) is 4.74 Å². The number of esters is 1. The molecule has 0 saturated carbocycles. The molecule has 0 aliphatic heterocycles. The fourth-order valence-corrected chi connectivity index (χ4v) is 2.36. The number of amides is 1. The van der Waals surface area contributed by atoms with Crippen LogP contribution in [0.3, 0.4) is 0 Å². The number of anilines is 1. The Kier molecular flexibility index (Phi) is 4.95. The Morgan fingerprint density at radius 2 is 2.00 bits per heavy atom. The van der Waals surface area contributed by atoms with Crippen molar-refractivity contribution in [3.8, 4) is 10.6 Å². The molecule has 2 rings (SSSR count). The predicted molar refractivity (Wildman–Crippen MR) is 86.5 cm³/mol. The highest BCUT2D eigenvalue weighted by molar-refractivity contribution is 7.13. The number of hydrogen-bond acceptors (Lipinski definition) is 7. The molecule has 0 aliphatic carbocycles. The first-order chi connectivity index (χ1) is 10.8. The second-order valence-electron chi connectivity index (χ2n) is 5.59. The van der Waals surface area contributed by atoms with Crippen LogP contribution in [0.4, 0.5) is 10.6 Å². The number of pyridine rings is 1. The predicted octanol–water partition coefficient (Wildman–Crippen LogP) is 3.34. The Hall–Kier alpha value is -2.48. The molecule has 2 aromatic heterocycles. The number of carbonyl (C=O) groups excluding carboxylic acids is 2. The maximum absolute atomic E-state index is 11.7. The monoisotopic (exact) mass is 335 g/mol.